The summed E-state index contributed by atoms with van der Waals surface area (Å²) in [7, 11) is 2.21. The average molecular weight is 289 g/mol. The first-order valence-electron chi connectivity index (χ1n) is 8.09. The number of benzene rings is 1. The molecule has 1 fully saturated rings. The predicted octanol–water partition coefficient (Wildman–Crippen LogP) is 2.71. The van der Waals surface area contributed by atoms with E-state index in [1.165, 1.54) is 30.8 Å². The van der Waals surface area contributed by atoms with E-state index < -0.39 is 0 Å². The summed E-state index contributed by atoms with van der Waals surface area (Å²) in [6.45, 7) is 14.5. The molecule has 2 rings (SSSR count). The van der Waals surface area contributed by atoms with E-state index in [0.29, 0.717) is 6.04 Å². The fourth-order valence-corrected chi connectivity index (χ4v) is 2.78. The van der Waals surface area contributed by atoms with Crippen molar-refractivity contribution in [3.63, 3.8) is 0 Å². The van der Waals surface area contributed by atoms with Crippen LogP contribution in [0.3, 0.4) is 0 Å². The van der Waals surface area contributed by atoms with Crippen LogP contribution < -0.4 is 5.32 Å². The first kappa shape index (κ1) is 16.5. The summed E-state index contributed by atoms with van der Waals surface area (Å²) in [6.07, 6.45) is 0. The van der Waals surface area contributed by atoms with Gasteiger partial charge in [-0.3, -0.25) is 4.90 Å². The third-order valence-corrected chi connectivity index (χ3v) is 4.20. The molecule has 0 saturated carbocycles. The van der Waals surface area contributed by atoms with Crippen LogP contribution >= 0.6 is 0 Å². The molecule has 1 aromatic rings. The van der Waals surface area contributed by atoms with Crippen LogP contribution in [0.15, 0.2) is 24.3 Å². The van der Waals surface area contributed by atoms with Crippen molar-refractivity contribution in [2.75, 3.05) is 26.7 Å². The van der Waals surface area contributed by atoms with Crippen molar-refractivity contribution in [1.82, 2.24) is 15.1 Å². The van der Waals surface area contributed by atoms with E-state index in [9.17, 15) is 0 Å². The normalized spacial score (nSPS) is 21.7. The molecule has 1 aliphatic heterocycles. The topological polar surface area (TPSA) is 18.5 Å². The van der Waals surface area contributed by atoms with Gasteiger partial charge in [0.05, 0.1) is 0 Å². The fourth-order valence-electron chi connectivity index (χ4n) is 2.78. The molecule has 21 heavy (non-hydrogen) atoms. The van der Waals surface area contributed by atoms with Gasteiger partial charge < -0.3 is 10.2 Å². The van der Waals surface area contributed by atoms with Gasteiger partial charge in [-0.15, -0.1) is 0 Å². The van der Waals surface area contributed by atoms with Crippen molar-refractivity contribution in [2.24, 2.45) is 0 Å². The van der Waals surface area contributed by atoms with Gasteiger partial charge in [0.2, 0.25) is 0 Å². The third kappa shape index (κ3) is 5.42. The average Bonchev–Trinajstić information content (AvgIpc) is 2.40. The molecular formula is C18H31N3. The predicted molar refractivity (Wildman–Crippen MR) is 90.4 cm³/mol. The Labute approximate surface area is 130 Å². The molecule has 1 heterocycles. The highest BCUT2D eigenvalue weighted by atomic mass is 15.3. The minimum Gasteiger partial charge on any atom is -0.308 e. The van der Waals surface area contributed by atoms with Crippen molar-refractivity contribution in [3.05, 3.63) is 35.4 Å². The van der Waals surface area contributed by atoms with E-state index in [1.807, 2.05) is 0 Å². The molecule has 3 nitrogen and oxygen atoms in total. The number of piperazine rings is 1. The SMILES string of the molecule is CC1CN(C)CCN1Cc1ccc(CNC(C)(C)C)cc1. The number of nitrogens with zero attached hydrogens (tertiary/aromatic N) is 2. The lowest BCUT2D eigenvalue weighted by Gasteiger charge is -2.38. The molecule has 0 spiro atoms. The molecule has 3 heteroatoms. The zero-order valence-corrected chi connectivity index (χ0v) is 14.3. The highest BCUT2D eigenvalue weighted by Crippen LogP contribution is 2.14. The number of hydrogen-bond acceptors (Lipinski definition) is 3. The molecule has 1 N–H and O–H groups in total. The molecule has 0 radical (unpaired) electrons. The Bertz CT molecular complexity index is 433. The summed E-state index contributed by atoms with van der Waals surface area (Å²) in [5.74, 6) is 0. The molecule has 0 aliphatic carbocycles. The van der Waals surface area contributed by atoms with Crippen LogP contribution in [0.4, 0.5) is 0 Å². The van der Waals surface area contributed by atoms with Gasteiger partial charge in [-0.2, -0.15) is 0 Å². The Morgan fingerprint density at radius 3 is 2.29 bits per heavy atom. The minimum atomic E-state index is 0.175. The lowest BCUT2D eigenvalue weighted by atomic mass is 10.1. The number of hydrogen-bond donors (Lipinski definition) is 1. The second-order valence-electron chi connectivity index (χ2n) is 7.50. The number of likely N-dealkylation sites (N-methyl/N-ethyl adjacent to an activating group) is 1. The fraction of sp³-hybridized carbons (Fsp3) is 0.667. The number of rotatable bonds is 4. The molecule has 0 bridgehead atoms. The molecule has 0 amide bonds. The van der Waals surface area contributed by atoms with E-state index in [1.54, 1.807) is 0 Å². The highest BCUT2D eigenvalue weighted by Gasteiger charge is 2.21. The van der Waals surface area contributed by atoms with E-state index in [0.717, 1.165) is 13.1 Å². The van der Waals surface area contributed by atoms with Crippen molar-refractivity contribution in [3.8, 4) is 0 Å². The van der Waals surface area contributed by atoms with Gasteiger partial charge >= 0.3 is 0 Å². The van der Waals surface area contributed by atoms with Gasteiger partial charge in [0.15, 0.2) is 0 Å². The van der Waals surface area contributed by atoms with Crippen molar-refractivity contribution in [1.29, 1.82) is 0 Å². The first-order valence-corrected chi connectivity index (χ1v) is 8.09. The maximum atomic E-state index is 3.53. The van der Waals surface area contributed by atoms with Gasteiger partial charge in [-0.25, -0.2) is 0 Å². The lowest BCUT2D eigenvalue weighted by molar-refractivity contribution is 0.0938. The van der Waals surface area contributed by atoms with Crippen LogP contribution in [-0.4, -0.2) is 48.1 Å². The molecule has 1 aromatic carbocycles. The minimum absolute atomic E-state index is 0.175. The quantitative estimate of drug-likeness (QED) is 0.919. The summed E-state index contributed by atoms with van der Waals surface area (Å²) in [4.78, 5) is 5.00. The standard InChI is InChI=1S/C18H31N3/c1-15-13-20(5)10-11-21(15)14-17-8-6-16(7-9-17)12-19-18(2,3)4/h6-9,15,19H,10-14H2,1-5H3. The Kier molecular flexibility index (Phi) is 5.42. The molecule has 1 atom stereocenters. The summed E-state index contributed by atoms with van der Waals surface area (Å²) in [6, 6.07) is 9.73. The second-order valence-corrected chi connectivity index (χ2v) is 7.50. The van der Waals surface area contributed by atoms with Gasteiger partial charge in [0.25, 0.3) is 0 Å². The van der Waals surface area contributed by atoms with Crippen LogP contribution in [0.25, 0.3) is 0 Å². The Morgan fingerprint density at radius 1 is 1.10 bits per heavy atom. The van der Waals surface area contributed by atoms with Crippen LogP contribution in [0.5, 0.6) is 0 Å². The summed E-state index contributed by atoms with van der Waals surface area (Å²) in [5.41, 5.74) is 2.96. The summed E-state index contributed by atoms with van der Waals surface area (Å²) in [5, 5.41) is 3.53. The maximum absolute atomic E-state index is 3.53. The monoisotopic (exact) mass is 289 g/mol. The summed E-state index contributed by atoms with van der Waals surface area (Å²) < 4.78 is 0. The second kappa shape index (κ2) is 6.91. The zero-order chi connectivity index (χ0) is 15.5. The lowest BCUT2D eigenvalue weighted by Crippen LogP contribution is -2.49. The van der Waals surface area contributed by atoms with Crippen molar-refractivity contribution < 1.29 is 0 Å². The Hall–Kier alpha value is -0.900. The van der Waals surface area contributed by atoms with Gasteiger partial charge in [-0.05, 0) is 45.9 Å². The molecule has 118 valence electrons. The molecule has 1 unspecified atom stereocenters. The van der Waals surface area contributed by atoms with Crippen LogP contribution in [0, 0.1) is 0 Å². The Morgan fingerprint density at radius 2 is 1.71 bits per heavy atom. The molecule has 0 aromatic heterocycles. The molecular weight excluding hydrogens is 258 g/mol. The Balaban J connectivity index is 1.87. The van der Waals surface area contributed by atoms with Crippen molar-refractivity contribution >= 4 is 0 Å². The van der Waals surface area contributed by atoms with Gasteiger partial charge in [0, 0.05) is 44.3 Å². The van der Waals surface area contributed by atoms with Gasteiger partial charge in [0.1, 0.15) is 0 Å². The smallest absolute Gasteiger partial charge is 0.0237 e. The number of nitrogens with one attached hydrogen (secondary N) is 1. The van der Waals surface area contributed by atoms with Crippen LogP contribution in [-0.2, 0) is 13.1 Å². The first-order chi connectivity index (χ1) is 9.83. The molecule has 1 aliphatic rings. The highest BCUT2D eigenvalue weighted by molar-refractivity contribution is 5.22. The zero-order valence-electron chi connectivity index (χ0n) is 14.3. The van der Waals surface area contributed by atoms with E-state index in [4.69, 9.17) is 0 Å². The van der Waals surface area contributed by atoms with Crippen molar-refractivity contribution in [2.45, 2.75) is 52.4 Å². The maximum Gasteiger partial charge on any atom is 0.0237 e. The van der Waals surface area contributed by atoms with Crippen LogP contribution in [0.1, 0.15) is 38.8 Å². The largest absolute Gasteiger partial charge is 0.308 e. The third-order valence-electron chi connectivity index (χ3n) is 4.20. The molecule has 1 saturated heterocycles. The van der Waals surface area contributed by atoms with E-state index in [2.05, 4.69) is 74.1 Å². The van der Waals surface area contributed by atoms with E-state index >= 15 is 0 Å². The van der Waals surface area contributed by atoms with E-state index in [-0.39, 0.29) is 5.54 Å². The summed E-state index contributed by atoms with van der Waals surface area (Å²) >= 11 is 0. The van der Waals surface area contributed by atoms with Crippen LogP contribution in [0.2, 0.25) is 0 Å². The van der Waals surface area contributed by atoms with Gasteiger partial charge in [-0.1, -0.05) is 24.3 Å².